The molecular weight excluding hydrogens is 1000 g/mol. The van der Waals surface area contributed by atoms with Crippen LogP contribution in [0.4, 0.5) is 17.5 Å². The van der Waals surface area contributed by atoms with Crippen molar-refractivity contribution in [2.24, 2.45) is 0 Å². The normalized spacial score (nSPS) is 10.4. The Morgan fingerprint density at radius 1 is 0.575 bits per heavy atom. The third-order valence-corrected chi connectivity index (χ3v) is 10.7. The smallest absolute Gasteiger partial charge is 0.360 e. The van der Waals surface area contributed by atoms with E-state index in [1.807, 2.05) is 62.4 Å². The van der Waals surface area contributed by atoms with Gasteiger partial charge >= 0.3 is 5.97 Å². The van der Waals surface area contributed by atoms with E-state index < -0.39 is 11.9 Å². The van der Waals surface area contributed by atoms with Crippen LogP contribution in [0.3, 0.4) is 0 Å². The van der Waals surface area contributed by atoms with Crippen LogP contribution in [-0.4, -0.2) is 121 Å². The fourth-order valence-electron chi connectivity index (χ4n) is 6.32. The van der Waals surface area contributed by atoms with Crippen LogP contribution in [0.15, 0.2) is 125 Å². The maximum atomic E-state index is 12.6. The fourth-order valence-corrected chi connectivity index (χ4v) is 6.60. The van der Waals surface area contributed by atoms with Crippen LogP contribution < -0.4 is 22.5 Å². The SMILES string of the molecule is COC(=O)c1nc(Br)cnc1N.Cc1ccc(-c2nnc(-c3nc(-c4ccc(C(=O)N(C)C)cc4)cnc3N)o2)cc1.Cc1ccc(C(=O)CNC(=O)c2nc(-c3ccc(C(=O)N(C)C)cc3)cnc2N)cc1. The summed E-state index contributed by atoms with van der Waals surface area (Å²) in [5.74, 6) is -0.815. The van der Waals surface area contributed by atoms with E-state index in [-0.39, 0.29) is 58.9 Å². The number of amides is 3. The van der Waals surface area contributed by atoms with Crippen molar-refractivity contribution in [2.45, 2.75) is 13.8 Å². The predicted molar refractivity (Wildman–Crippen MR) is 277 cm³/mol. The Morgan fingerprint density at radius 2 is 1.03 bits per heavy atom. The van der Waals surface area contributed by atoms with Crippen molar-refractivity contribution in [3.05, 3.63) is 159 Å². The van der Waals surface area contributed by atoms with Crippen LogP contribution in [0.25, 0.3) is 45.6 Å². The largest absolute Gasteiger partial charge is 0.464 e. The van der Waals surface area contributed by atoms with Gasteiger partial charge in [-0.1, -0.05) is 71.8 Å². The van der Waals surface area contributed by atoms with E-state index in [9.17, 15) is 24.0 Å². The first-order valence-electron chi connectivity index (χ1n) is 21.9. The number of halogens is 1. The Balaban J connectivity index is 0.000000195. The number of aromatic nitrogens is 8. The van der Waals surface area contributed by atoms with E-state index in [4.69, 9.17) is 21.6 Å². The Morgan fingerprint density at radius 3 is 1.56 bits per heavy atom. The standard InChI is InChI=1S/C23H23N5O3.C22H20N6O2.C6H6BrN3O2/c1-14-4-6-16(7-5-14)19(29)13-26-22(30)20-21(24)25-12-18(27-20)15-8-10-17(11-9-15)23(31)28(2)3;1-13-4-6-15(7-5-13)20-26-27-21(30-20)18-19(23)24-12-17(25-18)14-8-10-16(11-9-14)22(29)28(2)3;1-12-6(11)4-5(8)9-2-3(7)10-4/h4-12H,13H2,1-3H3,(H2,24,25)(H,26,30);4-12H,1-3H3,(H2,23,24);2H,1H3,(H2,8,9). The first kappa shape index (κ1) is 53.0. The Bertz CT molecular complexity index is 3280. The molecule has 372 valence electrons. The number of aryl methyl sites for hydroxylation is 2. The lowest BCUT2D eigenvalue weighted by Gasteiger charge is -2.11. The number of hydrogen-bond acceptors (Lipinski definition) is 18. The molecule has 0 saturated heterocycles. The van der Waals surface area contributed by atoms with Gasteiger partial charge in [-0.2, -0.15) is 0 Å². The summed E-state index contributed by atoms with van der Waals surface area (Å²) in [7, 11) is 8.03. The first-order chi connectivity index (χ1) is 34.8. The van der Waals surface area contributed by atoms with Gasteiger partial charge in [0.1, 0.15) is 4.60 Å². The molecule has 22 heteroatoms. The molecule has 0 spiro atoms. The maximum Gasteiger partial charge on any atom is 0.360 e. The van der Waals surface area contributed by atoms with Crippen LogP contribution >= 0.6 is 15.9 Å². The summed E-state index contributed by atoms with van der Waals surface area (Å²) < 4.78 is 10.7. The molecule has 0 unspecified atom stereocenters. The van der Waals surface area contributed by atoms with Crippen molar-refractivity contribution >= 4 is 62.9 Å². The minimum Gasteiger partial charge on any atom is -0.464 e. The Labute approximate surface area is 427 Å². The molecule has 4 aromatic carbocycles. The number of anilines is 3. The van der Waals surface area contributed by atoms with Gasteiger partial charge in [-0.15, -0.1) is 10.2 Å². The fraction of sp³-hybridized carbons (Fsp3) is 0.157. The highest BCUT2D eigenvalue weighted by Crippen LogP contribution is 2.28. The number of hydrogen-bond donors (Lipinski definition) is 4. The molecule has 0 atom stereocenters. The third kappa shape index (κ3) is 13.7. The van der Waals surface area contributed by atoms with E-state index in [1.54, 1.807) is 82.9 Å². The summed E-state index contributed by atoms with van der Waals surface area (Å²) in [5.41, 5.74) is 24.6. The number of nitrogens with two attached hydrogens (primary N) is 3. The van der Waals surface area contributed by atoms with E-state index in [0.717, 1.165) is 22.3 Å². The molecule has 0 aliphatic carbocycles. The number of esters is 1. The van der Waals surface area contributed by atoms with Crippen molar-refractivity contribution in [3.8, 4) is 45.6 Å². The van der Waals surface area contributed by atoms with Gasteiger partial charge in [0.25, 0.3) is 23.6 Å². The number of nitrogens with zero attached hydrogens (tertiary/aromatic N) is 10. The lowest BCUT2D eigenvalue weighted by atomic mass is 10.1. The molecule has 0 aliphatic rings. The zero-order valence-corrected chi connectivity index (χ0v) is 42.2. The van der Waals surface area contributed by atoms with Crippen molar-refractivity contribution in [1.29, 1.82) is 0 Å². The molecule has 0 aliphatic heterocycles. The van der Waals surface area contributed by atoms with Crippen LogP contribution in [0.2, 0.25) is 0 Å². The summed E-state index contributed by atoms with van der Waals surface area (Å²) in [6.45, 7) is 3.75. The van der Waals surface area contributed by atoms with Crippen LogP contribution in [0.5, 0.6) is 0 Å². The molecule has 0 radical (unpaired) electrons. The van der Waals surface area contributed by atoms with Crippen LogP contribution in [0.1, 0.15) is 63.2 Å². The van der Waals surface area contributed by atoms with E-state index >= 15 is 0 Å². The van der Waals surface area contributed by atoms with Gasteiger partial charge in [-0.05, 0) is 66.2 Å². The molecular formula is C51H49BrN14O7. The molecule has 7 N–H and O–H groups in total. The zero-order chi connectivity index (χ0) is 52.9. The van der Waals surface area contributed by atoms with E-state index in [2.05, 4.69) is 66.1 Å². The molecule has 4 aromatic heterocycles. The van der Waals surface area contributed by atoms with Crippen molar-refractivity contribution in [3.63, 3.8) is 0 Å². The minimum atomic E-state index is -0.596. The van der Waals surface area contributed by atoms with E-state index in [0.29, 0.717) is 49.8 Å². The molecule has 0 fully saturated rings. The van der Waals surface area contributed by atoms with Crippen LogP contribution in [-0.2, 0) is 4.74 Å². The maximum absolute atomic E-state index is 12.6. The number of carbonyl (C=O) groups excluding carboxylic acids is 5. The van der Waals surface area contributed by atoms with Crippen molar-refractivity contribution in [1.82, 2.24) is 55.2 Å². The van der Waals surface area contributed by atoms with Crippen LogP contribution in [0, 0.1) is 13.8 Å². The number of Topliss-reactive ketones (excluding diaryl/α,β-unsaturated/α-hetero) is 1. The average Bonchev–Trinajstić information content (AvgIpc) is 3.89. The number of rotatable bonds is 11. The van der Waals surface area contributed by atoms with Gasteiger partial charge in [0.15, 0.2) is 40.3 Å². The van der Waals surface area contributed by atoms with Gasteiger partial charge < -0.3 is 41.5 Å². The van der Waals surface area contributed by atoms with Gasteiger partial charge in [-0.3, -0.25) is 19.2 Å². The quantitative estimate of drug-likeness (QED) is 0.0803. The second-order valence-electron chi connectivity index (χ2n) is 16.2. The summed E-state index contributed by atoms with van der Waals surface area (Å²) in [6.07, 6.45) is 4.42. The number of ether oxygens (including phenoxy) is 1. The van der Waals surface area contributed by atoms with Crippen molar-refractivity contribution in [2.75, 3.05) is 59.0 Å². The van der Waals surface area contributed by atoms with E-state index in [1.165, 1.54) is 29.3 Å². The second-order valence-corrected chi connectivity index (χ2v) is 17.0. The van der Waals surface area contributed by atoms with Gasteiger partial charge in [0, 0.05) is 61.6 Å². The number of benzene rings is 4. The number of nitrogen functional groups attached to an aromatic ring is 3. The van der Waals surface area contributed by atoms with Gasteiger partial charge in [-0.25, -0.2) is 34.7 Å². The number of methoxy groups -OCH3 is 1. The highest BCUT2D eigenvalue weighted by molar-refractivity contribution is 9.10. The molecule has 21 nitrogen and oxygen atoms in total. The molecule has 0 saturated carbocycles. The van der Waals surface area contributed by atoms with Gasteiger partial charge in [0.2, 0.25) is 5.89 Å². The van der Waals surface area contributed by atoms with Crippen molar-refractivity contribution < 1.29 is 33.1 Å². The summed E-state index contributed by atoms with van der Waals surface area (Å²) in [5, 5.41) is 10.7. The lowest BCUT2D eigenvalue weighted by molar-refractivity contribution is 0.0594. The Kier molecular flexibility index (Phi) is 17.4. The molecule has 4 heterocycles. The third-order valence-electron chi connectivity index (χ3n) is 10.3. The average molecular weight is 1050 g/mol. The molecule has 3 amide bonds. The summed E-state index contributed by atoms with van der Waals surface area (Å²) in [4.78, 5) is 87.6. The number of ketones is 1. The molecule has 73 heavy (non-hydrogen) atoms. The number of carbonyl (C=O) groups is 5. The second kappa shape index (κ2) is 24.0. The molecule has 8 aromatic rings. The molecule has 0 bridgehead atoms. The van der Waals surface area contributed by atoms with Gasteiger partial charge in [0.05, 0.1) is 43.6 Å². The predicted octanol–water partition coefficient (Wildman–Crippen LogP) is 6.41. The minimum absolute atomic E-state index is 0.0203. The summed E-state index contributed by atoms with van der Waals surface area (Å²) in [6, 6.07) is 28.8. The monoisotopic (exact) mass is 1050 g/mol. The Hall–Kier alpha value is -9.31. The highest BCUT2D eigenvalue weighted by atomic mass is 79.9. The highest BCUT2D eigenvalue weighted by Gasteiger charge is 2.20. The molecule has 8 rings (SSSR count). The summed E-state index contributed by atoms with van der Waals surface area (Å²) >= 11 is 3.06. The first-order valence-corrected chi connectivity index (χ1v) is 22.7. The number of nitrogens with one attached hydrogen (secondary N) is 1. The lowest BCUT2D eigenvalue weighted by Crippen LogP contribution is -2.31. The zero-order valence-electron chi connectivity index (χ0n) is 40.6. The topological polar surface area (TPSA) is 307 Å².